The number of nitrogens with one attached hydrogen (secondary N) is 2. The van der Waals surface area contributed by atoms with Crippen molar-refractivity contribution in [3.8, 4) is 5.75 Å². The predicted molar refractivity (Wildman–Crippen MR) is 134 cm³/mol. The van der Waals surface area contributed by atoms with Gasteiger partial charge in [-0.25, -0.2) is 0 Å². The van der Waals surface area contributed by atoms with Gasteiger partial charge in [-0.2, -0.15) is 0 Å². The Labute approximate surface area is 196 Å². The van der Waals surface area contributed by atoms with E-state index in [1.165, 1.54) is 23.3 Å². The van der Waals surface area contributed by atoms with Crippen molar-refractivity contribution >= 4 is 41.3 Å². The van der Waals surface area contributed by atoms with Gasteiger partial charge >= 0.3 is 0 Å². The highest BCUT2D eigenvalue weighted by Crippen LogP contribution is 2.19. The topological polar surface area (TPSA) is 48.9 Å². The molecule has 5 nitrogen and oxygen atoms in total. The summed E-state index contributed by atoms with van der Waals surface area (Å²) >= 11 is 1.81. The molecular weight excluding hydrogens is 495 g/mol. The molecule has 1 aromatic heterocycles. The van der Waals surface area contributed by atoms with Crippen molar-refractivity contribution in [2.45, 2.75) is 25.8 Å². The van der Waals surface area contributed by atoms with Gasteiger partial charge in [-0.05, 0) is 67.4 Å². The van der Waals surface area contributed by atoms with E-state index in [1.54, 1.807) is 7.11 Å². The van der Waals surface area contributed by atoms with Crippen LogP contribution < -0.4 is 15.4 Å². The Hall–Kier alpha value is -1.32. The van der Waals surface area contributed by atoms with Crippen LogP contribution in [-0.4, -0.2) is 51.2 Å². The third kappa shape index (κ3) is 8.14. The molecule has 0 spiro atoms. The molecule has 1 fully saturated rings. The monoisotopic (exact) mass is 528 g/mol. The summed E-state index contributed by atoms with van der Waals surface area (Å²) in [4.78, 5) is 8.31. The SMILES string of the molecule is CN=C(NCCc1cccs1)NCC1CCN(Cc2ccc(OC)cc2)CC1.I. The van der Waals surface area contributed by atoms with Gasteiger partial charge in [0.05, 0.1) is 7.11 Å². The van der Waals surface area contributed by atoms with Gasteiger partial charge in [0, 0.05) is 31.6 Å². The average molecular weight is 529 g/mol. The van der Waals surface area contributed by atoms with Crippen molar-refractivity contribution in [2.75, 3.05) is 40.3 Å². The van der Waals surface area contributed by atoms with E-state index in [-0.39, 0.29) is 24.0 Å². The minimum Gasteiger partial charge on any atom is -0.497 e. The zero-order valence-electron chi connectivity index (χ0n) is 17.4. The molecule has 0 saturated carbocycles. The summed E-state index contributed by atoms with van der Waals surface area (Å²) in [6.45, 7) is 5.25. The molecule has 1 aliphatic rings. The molecule has 160 valence electrons. The van der Waals surface area contributed by atoms with Gasteiger partial charge in [0.2, 0.25) is 0 Å². The lowest BCUT2D eigenvalue weighted by Crippen LogP contribution is -2.43. The van der Waals surface area contributed by atoms with E-state index in [2.05, 4.69) is 50.2 Å². The Kier molecular flexibility index (Phi) is 10.8. The molecule has 0 amide bonds. The Balaban J connectivity index is 0.00000300. The molecule has 29 heavy (non-hydrogen) atoms. The minimum absolute atomic E-state index is 0. The number of hydrogen-bond donors (Lipinski definition) is 2. The Bertz CT molecular complexity index is 713. The normalized spacial score (nSPS) is 15.6. The molecule has 1 aliphatic heterocycles. The third-order valence-electron chi connectivity index (χ3n) is 5.30. The van der Waals surface area contributed by atoms with Crippen LogP contribution in [0.5, 0.6) is 5.75 Å². The second kappa shape index (κ2) is 13.1. The highest BCUT2D eigenvalue weighted by atomic mass is 127. The number of nitrogens with zero attached hydrogens (tertiary/aromatic N) is 2. The lowest BCUT2D eigenvalue weighted by molar-refractivity contribution is 0.178. The fraction of sp³-hybridized carbons (Fsp3) is 0.500. The zero-order chi connectivity index (χ0) is 19.6. The molecule has 1 saturated heterocycles. The quantitative estimate of drug-likeness (QED) is 0.309. The molecule has 7 heteroatoms. The van der Waals surface area contributed by atoms with E-state index in [0.717, 1.165) is 50.9 Å². The number of methoxy groups -OCH3 is 1. The molecule has 2 heterocycles. The maximum atomic E-state index is 5.24. The van der Waals surface area contributed by atoms with Crippen molar-refractivity contribution < 1.29 is 4.74 Å². The van der Waals surface area contributed by atoms with Gasteiger partial charge in [0.15, 0.2) is 5.96 Å². The summed E-state index contributed by atoms with van der Waals surface area (Å²) in [6.07, 6.45) is 3.51. The fourth-order valence-electron chi connectivity index (χ4n) is 3.56. The Morgan fingerprint density at radius 3 is 2.55 bits per heavy atom. The van der Waals surface area contributed by atoms with Crippen LogP contribution in [0, 0.1) is 5.92 Å². The first-order valence-electron chi connectivity index (χ1n) is 10.1. The number of ether oxygens (including phenoxy) is 1. The van der Waals surface area contributed by atoms with E-state index in [9.17, 15) is 0 Å². The molecule has 0 aliphatic carbocycles. The van der Waals surface area contributed by atoms with Gasteiger partial charge in [0.25, 0.3) is 0 Å². The van der Waals surface area contributed by atoms with Crippen molar-refractivity contribution in [3.05, 3.63) is 52.2 Å². The number of thiophene rings is 1. The molecule has 0 unspecified atom stereocenters. The van der Waals surface area contributed by atoms with E-state index < -0.39 is 0 Å². The lowest BCUT2D eigenvalue weighted by Gasteiger charge is -2.32. The summed E-state index contributed by atoms with van der Waals surface area (Å²) in [5, 5.41) is 9.06. The largest absolute Gasteiger partial charge is 0.497 e. The second-order valence-electron chi connectivity index (χ2n) is 7.28. The smallest absolute Gasteiger partial charge is 0.190 e. The molecule has 2 N–H and O–H groups in total. The fourth-order valence-corrected chi connectivity index (χ4v) is 4.27. The maximum absolute atomic E-state index is 5.24. The van der Waals surface area contributed by atoms with Gasteiger partial charge in [-0.1, -0.05) is 18.2 Å². The van der Waals surface area contributed by atoms with Gasteiger partial charge < -0.3 is 15.4 Å². The Morgan fingerprint density at radius 2 is 1.93 bits per heavy atom. The van der Waals surface area contributed by atoms with Crippen LogP contribution in [0.15, 0.2) is 46.8 Å². The van der Waals surface area contributed by atoms with E-state index in [1.807, 2.05) is 30.5 Å². The van der Waals surface area contributed by atoms with Crippen LogP contribution in [0.1, 0.15) is 23.3 Å². The number of rotatable bonds is 8. The standard InChI is InChI=1S/C22H32N4OS.HI/c1-23-22(24-12-9-21-4-3-15-28-21)25-16-18-10-13-26(14-11-18)17-19-5-7-20(27-2)8-6-19;/h3-8,15,18H,9-14,16-17H2,1-2H3,(H2,23,24,25);1H. The molecule has 3 rings (SSSR count). The summed E-state index contributed by atoms with van der Waals surface area (Å²) in [6, 6.07) is 12.7. The van der Waals surface area contributed by atoms with Crippen LogP contribution >= 0.6 is 35.3 Å². The first-order chi connectivity index (χ1) is 13.8. The van der Waals surface area contributed by atoms with Gasteiger partial charge in [0.1, 0.15) is 5.75 Å². The molecule has 0 radical (unpaired) electrons. The van der Waals surface area contributed by atoms with E-state index in [4.69, 9.17) is 4.74 Å². The summed E-state index contributed by atoms with van der Waals surface area (Å²) < 4.78 is 5.24. The lowest BCUT2D eigenvalue weighted by atomic mass is 9.96. The van der Waals surface area contributed by atoms with Gasteiger partial charge in [-0.15, -0.1) is 35.3 Å². The zero-order valence-corrected chi connectivity index (χ0v) is 20.5. The summed E-state index contributed by atoms with van der Waals surface area (Å²) in [7, 11) is 3.56. The first-order valence-corrected chi connectivity index (χ1v) is 11.0. The predicted octanol–water partition coefficient (Wildman–Crippen LogP) is 3.99. The van der Waals surface area contributed by atoms with Crippen LogP contribution in [0.25, 0.3) is 0 Å². The molecule has 1 aromatic carbocycles. The molecule has 2 aromatic rings. The third-order valence-corrected chi connectivity index (χ3v) is 6.23. The number of aliphatic imine (C=N–C) groups is 1. The van der Waals surface area contributed by atoms with Crippen molar-refractivity contribution in [1.82, 2.24) is 15.5 Å². The molecule has 0 atom stereocenters. The second-order valence-corrected chi connectivity index (χ2v) is 8.31. The number of halogens is 1. The van der Waals surface area contributed by atoms with Crippen LogP contribution in [0.2, 0.25) is 0 Å². The minimum atomic E-state index is 0. The summed E-state index contributed by atoms with van der Waals surface area (Å²) in [5.74, 6) is 2.55. The number of guanidine groups is 1. The van der Waals surface area contributed by atoms with Crippen LogP contribution in [0.3, 0.4) is 0 Å². The van der Waals surface area contributed by atoms with Gasteiger partial charge in [-0.3, -0.25) is 9.89 Å². The maximum Gasteiger partial charge on any atom is 0.190 e. The molecule has 0 bridgehead atoms. The van der Waals surface area contributed by atoms with Crippen molar-refractivity contribution in [1.29, 1.82) is 0 Å². The van der Waals surface area contributed by atoms with Crippen molar-refractivity contribution in [2.24, 2.45) is 10.9 Å². The molecular formula is C22H33IN4OS. The van der Waals surface area contributed by atoms with Crippen LogP contribution in [-0.2, 0) is 13.0 Å². The van der Waals surface area contributed by atoms with Crippen molar-refractivity contribution in [3.63, 3.8) is 0 Å². The number of likely N-dealkylation sites (tertiary alicyclic amines) is 1. The van der Waals surface area contributed by atoms with E-state index in [0.29, 0.717) is 5.92 Å². The number of piperidine rings is 1. The highest BCUT2D eigenvalue weighted by Gasteiger charge is 2.19. The van der Waals surface area contributed by atoms with E-state index >= 15 is 0 Å². The number of hydrogen-bond acceptors (Lipinski definition) is 4. The van der Waals surface area contributed by atoms with Crippen LogP contribution in [0.4, 0.5) is 0 Å². The first kappa shape index (κ1) is 24.0. The Morgan fingerprint density at radius 1 is 1.17 bits per heavy atom. The number of benzene rings is 1. The highest BCUT2D eigenvalue weighted by molar-refractivity contribution is 14.0. The average Bonchev–Trinajstić information content (AvgIpc) is 3.26. The summed E-state index contributed by atoms with van der Waals surface area (Å²) in [5.41, 5.74) is 1.35.